The van der Waals surface area contributed by atoms with Crippen molar-refractivity contribution < 1.29 is 17.9 Å². The molecule has 0 aromatic heterocycles. The minimum absolute atomic E-state index is 0.114. The van der Waals surface area contributed by atoms with Crippen LogP contribution in [0.1, 0.15) is 19.4 Å². The van der Waals surface area contributed by atoms with Gasteiger partial charge in [0.1, 0.15) is 5.75 Å². The Morgan fingerprint density at radius 3 is 2.23 bits per heavy atom. The Morgan fingerprint density at radius 1 is 1.08 bits per heavy atom. The highest BCUT2D eigenvalue weighted by molar-refractivity contribution is 7.89. The molecule has 2 aromatic carbocycles. The van der Waals surface area contributed by atoms with Gasteiger partial charge in [-0.15, -0.1) is 0 Å². The van der Waals surface area contributed by atoms with Crippen LogP contribution in [0.25, 0.3) is 0 Å². The molecule has 0 spiro atoms. The third-order valence-corrected chi connectivity index (χ3v) is 5.28. The number of aryl methyl sites for hydroxylation is 1. The van der Waals surface area contributed by atoms with Crippen LogP contribution in [0.5, 0.6) is 5.75 Å². The molecule has 1 amide bonds. The number of nitrogens with one attached hydrogen (secondary N) is 1. The highest BCUT2D eigenvalue weighted by Crippen LogP contribution is 2.19. The van der Waals surface area contributed by atoms with Crippen LogP contribution in [0.2, 0.25) is 0 Å². The molecule has 0 radical (unpaired) electrons. The second kappa shape index (κ2) is 8.82. The van der Waals surface area contributed by atoms with Crippen LogP contribution < -0.4 is 14.4 Å². The number of amides is 1. The first-order chi connectivity index (χ1) is 12.3. The lowest BCUT2D eigenvalue weighted by Gasteiger charge is -2.21. The van der Waals surface area contributed by atoms with Crippen LogP contribution in [0, 0.1) is 6.92 Å². The van der Waals surface area contributed by atoms with Crippen molar-refractivity contribution in [2.45, 2.75) is 25.7 Å². The summed E-state index contributed by atoms with van der Waals surface area (Å²) in [7, 11) is -3.60. The Morgan fingerprint density at radius 2 is 1.69 bits per heavy atom. The van der Waals surface area contributed by atoms with Crippen LogP contribution in [0.15, 0.2) is 53.4 Å². The van der Waals surface area contributed by atoms with Crippen LogP contribution >= 0.6 is 0 Å². The minimum atomic E-state index is -3.60. The Bertz CT molecular complexity index is 831. The lowest BCUT2D eigenvalue weighted by molar-refractivity contribution is -0.116. The number of benzene rings is 2. The number of nitrogens with zero attached hydrogens (tertiary/aromatic N) is 1. The quantitative estimate of drug-likeness (QED) is 0.769. The number of rotatable bonds is 8. The molecule has 26 heavy (non-hydrogen) atoms. The fourth-order valence-corrected chi connectivity index (χ4v) is 3.47. The van der Waals surface area contributed by atoms with Crippen molar-refractivity contribution >= 4 is 21.6 Å². The average molecular weight is 376 g/mol. The normalized spacial score (nSPS) is 11.2. The maximum Gasteiger partial charge on any atom is 0.240 e. The third kappa shape index (κ3) is 5.31. The maximum atomic E-state index is 12.3. The fourth-order valence-electron chi connectivity index (χ4n) is 2.45. The number of carbonyl (C=O) groups is 1. The lowest BCUT2D eigenvalue weighted by Crippen LogP contribution is -2.37. The van der Waals surface area contributed by atoms with E-state index in [0.717, 1.165) is 11.3 Å². The van der Waals surface area contributed by atoms with E-state index < -0.39 is 10.0 Å². The average Bonchev–Trinajstić information content (AvgIpc) is 2.60. The molecule has 6 nitrogen and oxygen atoms in total. The van der Waals surface area contributed by atoms with E-state index >= 15 is 0 Å². The summed E-state index contributed by atoms with van der Waals surface area (Å²) in [6.07, 6.45) is 0. The first kappa shape index (κ1) is 19.9. The largest absolute Gasteiger partial charge is 0.494 e. The van der Waals surface area contributed by atoms with Crippen molar-refractivity contribution in [1.29, 1.82) is 0 Å². The van der Waals surface area contributed by atoms with Gasteiger partial charge in [-0.05, 0) is 50.2 Å². The molecule has 0 atom stereocenters. The summed E-state index contributed by atoms with van der Waals surface area (Å²) in [5, 5.41) is 0. The molecule has 0 unspecified atom stereocenters. The van der Waals surface area contributed by atoms with Crippen LogP contribution in [0.3, 0.4) is 0 Å². The molecule has 2 aromatic rings. The second-order valence-corrected chi connectivity index (χ2v) is 7.58. The molecular weight excluding hydrogens is 352 g/mol. The Labute approximate surface area is 154 Å². The van der Waals surface area contributed by atoms with E-state index in [0.29, 0.717) is 12.3 Å². The lowest BCUT2D eigenvalue weighted by atomic mass is 10.2. The number of sulfonamides is 1. The Hall–Kier alpha value is -2.38. The highest BCUT2D eigenvalue weighted by atomic mass is 32.2. The van der Waals surface area contributed by atoms with Gasteiger partial charge in [0, 0.05) is 25.7 Å². The number of ether oxygens (including phenoxy) is 1. The van der Waals surface area contributed by atoms with Gasteiger partial charge in [-0.3, -0.25) is 4.79 Å². The van der Waals surface area contributed by atoms with Gasteiger partial charge in [0.05, 0.1) is 11.5 Å². The molecule has 140 valence electrons. The number of hydrogen-bond acceptors (Lipinski definition) is 4. The summed E-state index contributed by atoms with van der Waals surface area (Å²) >= 11 is 0. The monoisotopic (exact) mass is 376 g/mol. The van der Waals surface area contributed by atoms with Crippen molar-refractivity contribution in [2.24, 2.45) is 0 Å². The molecule has 0 saturated heterocycles. The van der Waals surface area contributed by atoms with Crippen LogP contribution in [-0.4, -0.2) is 34.0 Å². The molecule has 0 bridgehead atoms. The second-order valence-electron chi connectivity index (χ2n) is 5.81. The summed E-state index contributed by atoms with van der Waals surface area (Å²) in [6, 6.07) is 13.7. The molecule has 0 fully saturated rings. The number of hydrogen-bond donors (Lipinski definition) is 1. The van der Waals surface area contributed by atoms with E-state index in [1.165, 1.54) is 11.8 Å². The molecule has 7 heteroatoms. The third-order valence-electron chi connectivity index (χ3n) is 3.80. The zero-order valence-electron chi connectivity index (χ0n) is 15.2. The van der Waals surface area contributed by atoms with E-state index in [2.05, 4.69) is 4.72 Å². The summed E-state index contributed by atoms with van der Waals surface area (Å²) in [4.78, 5) is 13.7. The molecule has 0 heterocycles. The van der Waals surface area contributed by atoms with E-state index in [-0.39, 0.29) is 23.9 Å². The van der Waals surface area contributed by atoms with Crippen molar-refractivity contribution in [3.8, 4) is 5.75 Å². The molecule has 0 aliphatic heterocycles. The van der Waals surface area contributed by atoms with E-state index in [4.69, 9.17) is 4.74 Å². The fraction of sp³-hybridized carbons (Fsp3) is 0.316. The van der Waals surface area contributed by atoms with Gasteiger partial charge in [0.15, 0.2) is 0 Å². The van der Waals surface area contributed by atoms with Crippen molar-refractivity contribution in [2.75, 3.05) is 24.6 Å². The zero-order chi connectivity index (χ0) is 19.2. The van der Waals surface area contributed by atoms with Gasteiger partial charge in [-0.2, -0.15) is 0 Å². The van der Waals surface area contributed by atoms with Gasteiger partial charge < -0.3 is 9.64 Å². The molecule has 1 N–H and O–H groups in total. The first-order valence-electron chi connectivity index (χ1n) is 8.41. The Balaban J connectivity index is 2.02. The molecule has 0 saturated carbocycles. The predicted octanol–water partition coefficient (Wildman–Crippen LogP) is 2.73. The molecule has 0 aliphatic rings. The zero-order valence-corrected chi connectivity index (χ0v) is 16.0. The van der Waals surface area contributed by atoms with Crippen molar-refractivity contribution in [3.05, 3.63) is 54.1 Å². The van der Waals surface area contributed by atoms with E-state index in [1.54, 1.807) is 48.5 Å². The summed E-state index contributed by atoms with van der Waals surface area (Å²) < 4.78 is 32.6. The van der Waals surface area contributed by atoms with Crippen LogP contribution in [0.4, 0.5) is 5.69 Å². The molecule has 2 rings (SSSR count). The predicted molar refractivity (Wildman–Crippen MR) is 102 cm³/mol. The minimum Gasteiger partial charge on any atom is -0.494 e. The maximum absolute atomic E-state index is 12.3. The van der Waals surface area contributed by atoms with Gasteiger partial charge in [0.25, 0.3) is 0 Å². The topological polar surface area (TPSA) is 75.7 Å². The molecular formula is C19H24N2O4S. The standard InChI is InChI=1S/C19H24N2O4S/c1-4-25-18-9-7-17(8-10-18)21(16(3)22)14-13-20-26(23,24)19-11-5-15(2)6-12-19/h5-12,20H,4,13-14H2,1-3H3. The molecule has 0 aliphatic carbocycles. The van der Waals surface area contributed by atoms with Crippen LogP contribution in [-0.2, 0) is 14.8 Å². The summed E-state index contributed by atoms with van der Waals surface area (Å²) in [6.45, 7) is 6.15. The van der Waals surface area contributed by atoms with Crippen molar-refractivity contribution in [1.82, 2.24) is 4.72 Å². The highest BCUT2D eigenvalue weighted by Gasteiger charge is 2.16. The van der Waals surface area contributed by atoms with Gasteiger partial charge in [0.2, 0.25) is 15.9 Å². The SMILES string of the molecule is CCOc1ccc(N(CCNS(=O)(=O)c2ccc(C)cc2)C(C)=O)cc1. The summed E-state index contributed by atoms with van der Waals surface area (Å²) in [5.74, 6) is 0.559. The van der Waals surface area contributed by atoms with Crippen molar-refractivity contribution in [3.63, 3.8) is 0 Å². The Kier molecular flexibility index (Phi) is 6.76. The number of carbonyl (C=O) groups excluding carboxylic acids is 1. The van der Waals surface area contributed by atoms with Gasteiger partial charge in [-0.1, -0.05) is 17.7 Å². The van der Waals surface area contributed by atoms with E-state index in [1.807, 2.05) is 13.8 Å². The van der Waals surface area contributed by atoms with E-state index in [9.17, 15) is 13.2 Å². The summed E-state index contributed by atoms with van der Waals surface area (Å²) in [5.41, 5.74) is 1.68. The smallest absolute Gasteiger partial charge is 0.240 e. The van der Waals surface area contributed by atoms with Gasteiger partial charge in [-0.25, -0.2) is 13.1 Å². The number of anilines is 1. The first-order valence-corrected chi connectivity index (χ1v) is 9.89. The van der Waals surface area contributed by atoms with Gasteiger partial charge >= 0.3 is 0 Å².